The van der Waals surface area contributed by atoms with Crippen LogP contribution in [0.2, 0.25) is 0 Å². The molecule has 0 aliphatic carbocycles. The van der Waals surface area contributed by atoms with Crippen molar-refractivity contribution in [3.63, 3.8) is 0 Å². The molecule has 0 amide bonds. The van der Waals surface area contributed by atoms with Gasteiger partial charge in [-0.15, -0.1) is 24.0 Å². The molecule has 0 fully saturated rings. The van der Waals surface area contributed by atoms with Crippen LogP contribution >= 0.6 is 24.0 Å². The maximum atomic E-state index is 13.7. The Balaban J connectivity index is 0.00000288. The predicted octanol–water partition coefficient (Wildman–Crippen LogP) is 3.28. The largest absolute Gasteiger partial charge is 0.351 e. The predicted molar refractivity (Wildman–Crippen MR) is 105 cm³/mol. The van der Waals surface area contributed by atoms with Gasteiger partial charge in [-0.2, -0.15) is 0 Å². The van der Waals surface area contributed by atoms with E-state index in [1.807, 2.05) is 26.0 Å². The Hall–Kier alpha value is -1.77. The van der Waals surface area contributed by atoms with Crippen molar-refractivity contribution in [2.24, 2.45) is 4.99 Å². The van der Waals surface area contributed by atoms with Gasteiger partial charge in [0.25, 0.3) is 0 Å². The highest BCUT2D eigenvalue weighted by Crippen LogP contribution is 2.16. The lowest BCUT2D eigenvalue weighted by atomic mass is 10.1. The third kappa shape index (κ3) is 5.70. The number of hydrogen-bond acceptors (Lipinski definition) is 3. The first-order valence-electron chi connectivity index (χ1n) is 7.51. The van der Waals surface area contributed by atoms with Gasteiger partial charge in [0.05, 0.1) is 18.3 Å². The number of aryl methyl sites for hydroxylation is 2. The second-order valence-corrected chi connectivity index (χ2v) is 5.40. The molecule has 2 aromatic rings. The molecule has 1 heterocycles. The minimum atomic E-state index is -0.199. The van der Waals surface area contributed by atoms with E-state index in [9.17, 15) is 4.39 Å². The number of rotatable bonds is 4. The topological polar surface area (TPSA) is 62.2 Å². The first-order chi connectivity index (χ1) is 11.0. The van der Waals surface area contributed by atoms with E-state index in [1.165, 1.54) is 0 Å². The molecule has 7 heteroatoms. The van der Waals surface area contributed by atoms with Crippen LogP contribution in [0.4, 0.5) is 4.39 Å². The number of guanidine groups is 1. The number of benzene rings is 1. The number of aromatic nitrogens is 2. The van der Waals surface area contributed by atoms with E-state index >= 15 is 0 Å². The van der Waals surface area contributed by atoms with E-state index in [-0.39, 0.29) is 35.8 Å². The molecule has 2 N–H and O–H groups in total. The Bertz CT molecular complexity index is 705. The molecule has 0 aliphatic rings. The Morgan fingerprint density at radius 2 is 2.04 bits per heavy atom. The fourth-order valence-electron chi connectivity index (χ4n) is 2.14. The summed E-state index contributed by atoms with van der Waals surface area (Å²) >= 11 is 0. The summed E-state index contributed by atoms with van der Waals surface area (Å²) in [6.07, 6.45) is 1.73. The number of hydrogen-bond donors (Lipinski definition) is 2. The van der Waals surface area contributed by atoms with Crippen LogP contribution in [0, 0.1) is 19.7 Å². The summed E-state index contributed by atoms with van der Waals surface area (Å²) in [5.41, 5.74) is 2.39. The summed E-state index contributed by atoms with van der Waals surface area (Å²) in [6, 6.07) is 7.03. The maximum Gasteiger partial charge on any atom is 0.191 e. The fraction of sp³-hybridized carbons (Fsp3) is 0.353. The van der Waals surface area contributed by atoms with Crippen molar-refractivity contribution in [2.75, 3.05) is 7.05 Å². The SMILES string of the molecule is CN=C(NCc1ccnc(C)n1)NC(C)c1ccc(C)c(F)c1.I. The van der Waals surface area contributed by atoms with Crippen LogP contribution in [0.15, 0.2) is 35.5 Å². The van der Waals surface area contributed by atoms with E-state index < -0.39 is 0 Å². The lowest BCUT2D eigenvalue weighted by Gasteiger charge is -2.18. The summed E-state index contributed by atoms with van der Waals surface area (Å²) in [7, 11) is 1.70. The number of aliphatic imine (C=N–C) groups is 1. The van der Waals surface area contributed by atoms with Gasteiger partial charge in [-0.3, -0.25) is 4.99 Å². The van der Waals surface area contributed by atoms with Gasteiger partial charge in [-0.1, -0.05) is 12.1 Å². The number of nitrogens with zero attached hydrogens (tertiary/aromatic N) is 3. The summed E-state index contributed by atoms with van der Waals surface area (Å²) in [5, 5.41) is 6.44. The summed E-state index contributed by atoms with van der Waals surface area (Å²) in [6.45, 7) is 6.11. The molecule has 1 aromatic carbocycles. The lowest BCUT2D eigenvalue weighted by molar-refractivity contribution is 0.607. The number of nitrogens with one attached hydrogen (secondary N) is 2. The number of halogens is 2. The van der Waals surface area contributed by atoms with Crippen molar-refractivity contribution >= 4 is 29.9 Å². The molecule has 0 saturated heterocycles. The van der Waals surface area contributed by atoms with Crippen LogP contribution in [-0.2, 0) is 6.54 Å². The molecule has 2 rings (SSSR count). The molecular weight excluding hydrogens is 420 g/mol. The van der Waals surface area contributed by atoms with Gasteiger partial charge < -0.3 is 10.6 Å². The van der Waals surface area contributed by atoms with Crippen LogP contribution in [0.25, 0.3) is 0 Å². The highest BCUT2D eigenvalue weighted by molar-refractivity contribution is 14.0. The monoisotopic (exact) mass is 443 g/mol. The molecule has 0 bridgehead atoms. The zero-order valence-corrected chi connectivity index (χ0v) is 16.6. The summed E-state index contributed by atoms with van der Waals surface area (Å²) < 4.78 is 13.7. The van der Waals surface area contributed by atoms with Crippen LogP contribution in [0.1, 0.15) is 35.6 Å². The summed E-state index contributed by atoms with van der Waals surface area (Å²) in [4.78, 5) is 12.6. The molecule has 0 saturated carbocycles. The van der Waals surface area contributed by atoms with Crippen LogP contribution in [0.5, 0.6) is 0 Å². The van der Waals surface area contributed by atoms with Crippen molar-refractivity contribution in [2.45, 2.75) is 33.4 Å². The average Bonchev–Trinajstić information content (AvgIpc) is 2.53. The van der Waals surface area contributed by atoms with Crippen molar-refractivity contribution < 1.29 is 4.39 Å². The minimum Gasteiger partial charge on any atom is -0.351 e. The van der Waals surface area contributed by atoms with Gasteiger partial charge >= 0.3 is 0 Å². The highest BCUT2D eigenvalue weighted by atomic mass is 127. The van der Waals surface area contributed by atoms with Gasteiger partial charge in [-0.05, 0) is 44.0 Å². The van der Waals surface area contributed by atoms with E-state index in [4.69, 9.17) is 0 Å². The lowest BCUT2D eigenvalue weighted by Crippen LogP contribution is -2.38. The highest BCUT2D eigenvalue weighted by Gasteiger charge is 2.10. The van der Waals surface area contributed by atoms with Gasteiger partial charge in [0.15, 0.2) is 5.96 Å². The Labute approximate surface area is 159 Å². The van der Waals surface area contributed by atoms with Crippen LogP contribution < -0.4 is 10.6 Å². The quantitative estimate of drug-likeness (QED) is 0.433. The summed E-state index contributed by atoms with van der Waals surface area (Å²) in [5.74, 6) is 1.17. The normalized spacial score (nSPS) is 12.3. The first-order valence-corrected chi connectivity index (χ1v) is 7.51. The molecule has 24 heavy (non-hydrogen) atoms. The van der Waals surface area contributed by atoms with E-state index in [1.54, 1.807) is 32.3 Å². The molecule has 0 aliphatic heterocycles. The molecular formula is C17H23FIN5. The third-order valence-electron chi connectivity index (χ3n) is 3.54. The van der Waals surface area contributed by atoms with Crippen molar-refractivity contribution in [1.82, 2.24) is 20.6 Å². The molecule has 0 radical (unpaired) electrons. The minimum absolute atomic E-state index is 0. The first kappa shape index (κ1) is 20.3. The standard InChI is InChI=1S/C17H22FN5.HI/c1-11-5-6-14(9-16(11)18)12(2)22-17(19-4)21-10-15-7-8-20-13(3)23-15;/h5-9,12H,10H2,1-4H3,(H2,19,21,22);1H. The van der Waals surface area contributed by atoms with Crippen molar-refractivity contribution in [3.05, 3.63) is 58.9 Å². The maximum absolute atomic E-state index is 13.7. The van der Waals surface area contributed by atoms with Crippen LogP contribution in [-0.4, -0.2) is 23.0 Å². The fourth-order valence-corrected chi connectivity index (χ4v) is 2.14. The van der Waals surface area contributed by atoms with Gasteiger partial charge in [0.2, 0.25) is 0 Å². The molecule has 1 aromatic heterocycles. The van der Waals surface area contributed by atoms with Gasteiger partial charge in [0, 0.05) is 13.2 Å². The second-order valence-electron chi connectivity index (χ2n) is 5.40. The molecule has 1 unspecified atom stereocenters. The Morgan fingerprint density at radius 1 is 1.29 bits per heavy atom. The second kappa shape index (κ2) is 9.51. The third-order valence-corrected chi connectivity index (χ3v) is 3.54. The zero-order valence-electron chi connectivity index (χ0n) is 14.3. The van der Waals surface area contributed by atoms with Crippen molar-refractivity contribution in [3.8, 4) is 0 Å². The molecule has 0 spiro atoms. The Morgan fingerprint density at radius 3 is 2.67 bits per heavy atom. The van der Waals surface area contributed by atoms with Gasteiger partial charge in [-0.25, -0.2) is 14.4 Å². The van der Waals surface area contributed by atoms with E-state index in [2.05, 4.69) is 25.6 Å². The van der Waals surface area contributed by atoms with E-state index in [0.29, 0.717) is 18.1 Å². The smallest absolute Gasteiger partial charge is 0.191 e. The van der Waals surface area contributed by atoms with Crippen molar-refractivity contribution in [1.29, 1.82) is 0 Å². The molecule has 130 valence electrons. The average molecular weight is 443 g/mol. The van der Waals surface area contributed by atoms with Gasteiger partial charge in [0.1, 0.15) is 11.6 Å². The Kier molecular flexibility index (Phi) is 8.03. The van der Waals surface area contributed by atoms with Crippen LogP contribution in [0.3, 0.4) is 0 Å². The molecule has 1 atom stereocenters. The zero-order chi connectivity index (χ0) is 16.8. The van der Waals surface area contributed by atoms with E-state index in [0.717, 1.165) is 17.1 Å². The molecule has 5 nitrogen and oxygen atoms in total.